The summed E-state index contributed by atoms with van der Waals surface area (Å²) >= 11 is 12.4. The molecule has 39 heavy (non-hydrogen) atoms. The summed E-state index contributed by atoms with van der Waals surface area (Å²) in [7, 11) is 4.56. The number of halogens is 2. The second-order valence-electron chi connectivity index (χ2n) is 8.12. The molecule has 0 aliphatic rings. The van der Waals surface area contributed by atoms with Crippen molar-refractivity contribution in [2.45, 2.75) is 0 Å². The van der Waals surface area contributed by atoms with Gasteiger partial charge < -0.3 is 28.5 Å². The van der Waals surface area contributed by atoms with Gasteiger partial charge in [0.1, 0.15) is 5.76 Å². The lowest BCUT2D eigenvalue weighted by Gasteiger charge is -2.12. The Morgan fingerprint density at radius 1 is 0.872 bits per heavy atom. The standard InChI is InChI=1S/C28H21Cl2N3O6/c1-35-23-12-15(13-24(36-2)25(23)37-3)26-32-28(39-33-26)17-6-4-5-7-20(17)31-27(34)22-11-10-21(38-22)18-14-16(29)8-9-19(18)30/h4-14H,1-3H3,(H,31,34). The van der Waals surface area contributed by atoms with Gasteiger partial charge in [0, 0.05) is 16.1 Å². The normalized spacial score (nSPS) is 10.8. The van der Waals surface area contributed by atoms with Crippen molar-refractivity contribution in [3.05, 3.63) is 82.5 Å². The number of anilines is 1. The van der Waals surface area contributed by atoms with Crippen molar-refractivity contribution in [1.82, 2.24) is 10.1 Å². The van der Waals surface area contributed by atoms with Crippen molar-refractivity contribution in [1.29, 1.82) is 0 Å². The quantitative estimate of drug-likeness (QED) is 0.209. The maximum atomic E-state index is 13.1. The van der Waals surface area contributed by atoms with Gasteiger partial charge in [0.2, 0.25) is 11.6 Å². The molecule has 11 heteroatoms. The van der Waals surface area contributed by atoms with Crippen LogP contribution in [0.25, 0.3) is 34.2 Å². The van der Waals surface area contributed by atoms with Gasteiger partial charge in [-0.15, -0.1) is 0 Å². The zero-order chi connectivity index (χ0) is 27.5. The second kappa shape index (κ2) is 11.1. The number of carbonyl (C=O) groups is 1. The molecule has 0 aliphatic heterocycles. The van der Waals surface area contributed by atoms with Crippen LogP contribution < -0.4 is 19.5 Å². The fraction of sp³-hybridized carbons (Fsp3) is 0.107. The van der Waals surface area contributed by atoms with Crippen LogP contribution in [-0.2, 0) is 0 Å². The summed E-state index contributed by atoms with van der Waals surface area (Å²) in [6.07, 6.45) is 0. The molecule has 3 aromatic carbocycles. The number of ether oxygens (including phenoxy) is 3. The third kappa shape index (κ3) is 5.27. The zero-order valence-electron chi connectivity index (χ0n) is 21.0. The van der Waals surface area contributed by atoms with Gasteiger partial charge in [0.05, 0.1) is 37.6 Å². The van der Waals surface area contributed by atoms with E-state index in [0.717, 1.165) is 0 Å². The first-order valence-electron chi connectivity index (χ1n) is 11.5. The Morgan fingerprint density at radius 2 is 1.62 bits per heavy atom. The molecule has 2 aromatic heterocycles. The number of benzene rings is 3. The third-order valence-electron chi connectivity index (χ3n) is 5.78. The molecule has 198 valence electrons. The number of methoxy groups -OCH3 is 3. The Balaban J connectivity index is 1.42. The van der Waals surface area contributed by atoms with Crippen LogP contribution in [0.5, 0.6) is 17.2 Å². The Labute approximate surface area is 233 Å². The minimum atomic E-state index is -0.476. The van der Waals surface area contributed by atoms with Crippen molar-refractivity contribution >= 4 is 34.8 Å². The first-order valence-corrected chi connectivity index (χ1v) is 12.3. The number of nitrogens with one attached hydrogen (secondary N) is 1. The SMILES string of the molecule is COc1cc(-c2noc(-c3ccccc3NC(=O)c3ccc(-c4cc(Cl)ccc4Cl)o3)n2)cc(OC)c1OC. The van der Waals surface area contributed by atoms with Crippen LogP contribution in [0, 0.1) is 0 Å². The van der Waals surface area contributed by atoms with E-state index in [9.17, 15) is 4.79 Å². The molecule has 0 aliphatic carbocycles. The molecule has 0 unspecified atom stereocenters. The summed E-state index contributed by atoms with van der Waals surface area (Å²) in [6.45, 7) is 0. The number of amides is 1. The number of furan rings is 1. The highest BCUT2D eigenvalue weighted by atomic mass is 35.5. The van der Waals surface area contributed by atoms with Crippen LogP contribution in [0.4, 0.5) is 5.69 Å². The van der Waals surface area contributed by atoms with Gasteiger partial charge in [-0.1, -0.05) is 40.5 Å². The van der Waals surface area contributed by atoms with Crippen LogP contribution >= 0.6 is 23.2 Å². The number of hydrogen-bond donors (Lipinski definition) is 1. The van der Waals surface area contributed by atoms with E-state index in [-0.39, 0.29) is 11.7 Å². The van der Waals surface area contributed by atoms with Gasteiger partial charge in [0.15, 0.2) is 17.3 Å². The van der Waals surface area contributed by atoms with E-state index in [1.54, 1.807) is 66.7 Å². The number of nitrogens with zero attached hydrogens (tertiary/aromatic N) is 2. The lowest BCUT2D eigenvalue weighted by molar-refractivity contribution is 0.0997. The van der Waals surface area contributed by atoms with E-state index in [2.05, 4.69) is 15.5 Å². The number of para-hydroxylation sites is 1. The lowest BCUT2D eigenvalue weighted by Crippen LogP contribution is -2.11. The van der Waals surface area contributed by atoms with Gasteiger partial charge in [-0.3, -0.25) is 4.79 Å². The number of aromatic nitrogens is 2. The van der Waals surface area contributed by atoms with Crippen LogP contribution in [-0.4, -0.2) is 37.4 Å². The minimum Gasteiger partial charge on any atom is -0.493 e. The van der Waals surface area contributed by atoms with Gasteiger partial charge in [0.25, 0.3) is 11.8 Å². The zero-order valence-corrected chi connectivity index (χ0v) is 22.5. The van der Waals surface area contributed by atoms with E-state index < -0.39 is 5.91 Å². The maximum Gasteiger partial charge on any atom is 0.291 e. The van der Waals surface area contributed by atoms with Gasteiger partial charge >= 0.3 is 0 Å². The predicted octanol–water partition coefficient (Wildman–Crippen LogP) is 7.25. The molecule has 0 fully saturated rings. The van der Waals surface area contributed by atoms with Crippen molar-refractivity contribution in [3.63, 3.8) is 0 Å². The molecule has 0 bridgehead atoms. The van der Waals surface area contributed by atoms with E-state index in [1.807, 2.05) is 0 Å². The number of carbonyl (C=O) groups excluding carboxylic acids is 1. The van der Waals surface area contributed by atoms with Crippen LogP contribution in [0.15, 0.2) is 75.7 Å². The molecule has 1 N–H and O–H groups in total. The highest BCUT2D eigenvalue weighted by Gasteiger charge is 2.21. The molecule has 2 heterocycles. The summed E-state index contributed by atoms with van der Waals surface area (Å²) in [5.74, 6) is 1.84. The van der Waals surface area contributed by atoms with E-state index >= 15 is 0 Å². The molecule has 0 atom stereocenters. The first-order chi connectivity index (χ1) is 18.9. The largest absolute Gasteiger partial charge is 0.493 e. The highest BCUT2D eigenvalue weighted by molar-refractivity contribution is 6.35. The Kier molecular flexibility index (Phi) is 7.44. The van der Waals surface area contributed by atoms with Crippen molar-refractivity contribution in [3.8, 4) is 51.4 Å². The molecule has 0 radical (unpaired) electrons. The molecule has 9 nitrogen and oxygen atoms in total. The average Bonchev–Trinajstić information content (AvgIpc) is 3.64. The van der Waals surface area contributed by atoms with Gasteiger partial charge in [-0.2, -0.15) is 4.98 Å². The van der Waals surface area contributed by atoms with Gasteiger partial charge in [-0.05, 0) is 54.6 Å². The summed E-state index contributed by atoms with van der Waals surface area (Å²) in [4.78, 5) is 17.6. The third-order valence-corrected chi connectivity index (χ3v) is 6.34. The lowest BCUT2D eigenvalue weighted by atomic mass is 10.1. The maximum absolute atomic E-state index is 13.1. The van der Waals surface area contributed by atoms with Crippen molar-refractivity contribution in [2.75, 3.05) is 26.6 Å². The summed E-state index contributed by atoms with van der Waals surface area (Å²) in [6, 6.07) is 18.7. The van der Waals surface area contributed by atoms with Crippen molar-refractivity contribution < 1.29 is 27.9 Å². The number of rotatable bonds is 8. The molecule has 0 saturated carbocycles. The van der Waals surface area contributed by atoms with E-state index in [0.29, 0.717) is 61.3 Å². The molecular formula is C28H21Cl2N3O6. The van der Waals surface area contributed by atoms with Crippen molar-refractivity contribution in [2.24, 2.45) is 0 Å². The molecule has 5 aromatic rings. The highest BCUT2D eigenvalue weighted by Crippen LogP contribution is 2.41. The summed E-state index contributed by atoms with van der Waals surface area (Å²) < 4.78 is 27.5. The Morgan fingerprint density at radius 3 is 2.33 bits per heavy atom. The van der Waals surface area contributed by atoms with E-state index in [1.165, 1.54) is 21.3 Å². The van der Waals surface area contributed by atoms with Crippen LogP contribution in [0.3, 0.4) is 0 Å². The van der Waals surface area contributed by atoms with E-state index in [4.69, 9.17) is 46.4 Å². The van der Waals surface area contributed by atoms with Crippen LogP contribution in [0.2, 0.25) is 10.0 Å². The molecule has 0 saturated heterocycles. The average molecular weight is 566 g/mol. The summed E-state index contributed by atoms with van der Waals surface area (Å²) in [5, 5.41) is 7.89. The van der Waals surface area contributed by atoms with Crippen LogP contribution in [0.1, 0.15) is 10.6 Å². The topological polar surface area (TPSA) is 109 Å². The smallest absolute Gasteiger partial charge is 0.291 e. The Bertz CT molecular complexity index is 1640. The molecule has 5 rings (SSSR count). The monoisotopic (exact) mass is 565 g/mol. The minimum absolute atomic E-state index is 0.0829. The fourth-order valence-corrected chi connectivity index (χ4v) is 4.30. The fourth-order valence-electron chi connectivity index (χ4n) is 3.91. The van der Waals surface area contributed by atoms with Gasteiger partial charge in [-0.25, -0.2) is 0 Å². The summed E-state index contributed by atoms with van der Waals surface area (Å²) in [5.41, 5.74) is 2.13. The number of hydrogen-bond acceptors (Lipinski definition) is 8. The molecular weight excluding hydrogens is 545 g/mol. The molecule has 1 amide bonds. The predicted molar refractivity (Wildman–Crippen MR) is 147 cm³/mol. The Hall–Kier alpha value is -4.47. The first kappa shape index (κ1) is 26.1. The molecule has 0 spiro atoms. The second-order valence-corrected chi connectivity index (χ2v) is 8.97.